The van der Waals surface area contributed by atoms with E-state index in [1.165, 1.54) is 0 Å². The lowest BCUT2D eigenvalue weighted by atomic mass is 9.85. The molecule has 2 heterocycles. The summed E-state index contributed by atoms with van der Waals surface area (Å²) in [6, 6.07) is 6.90. The zero-order valence-electron chi connectivity index (χ0n) is 15.9. The van der Waals surface area contributed by atoms with Gasteiger partial charge >= 0.3 is 6.09 Å². The Morgan fingerprint density at radius 1 is 1.15 bits per heavy atom. The number of amides is 2. The van der Waals surface area contributed by atoms with Crippen molar-refractivity contribution in [1.82, 2.24) is 9.80 Å². The summed E-state index contributed by atoms with van der Waals surface area (Å²) >= 11 is 0. The van der Waals surface area contributed by atoms with Crippen LogP contribution in [-0.2, 0) is 9.53 Å². The Balaban J connectivity index is 1.78. The van der Waals surface area contributed by atoms with Gasteiger partial charge in [0.1, 0.15) is 16.9 Å². The van der Waals surface area contributed by atoms with Crippen molar-refractivity contribution in [1.29, 1.82) is 0 Å². The van der Waals surface area contributed by atoms with Crippen molar-refractivity contribution in [2.45, 2.75) is 44.8 Å². The molecule has 0 radical (unpaired) electrons. The van der Waals surface area contributed by atoms with E-state index in [4.69, 9.17) is 4.74 Å². The topological polar surface area (TPSA) is 73.3 Å². The quantitative estimate of drug-likeness (QED) is 0.831. The van der Waals surface area contributed by atoms with Gasteiger partial charge in [0.05, 0.1) is 6.67 Å². The monoisotopic (exact) mass is 361 g/mol. The number of piperidine rings is 1. The summed E-state index contributed by atoms with van der Waals surface area (Å²) in [4.78, 5) is 30.7. The fourth-order valence-corrected chi connectivity index (χ4v) is 3.71. The SMILES string of the molecule is CN1CN(c2ccc(O)cc2)C2(CCN(C(=O)OC(C)(C)C)CC2)C1=O. The van der Waals surface area contributed by atoms with Crippen molar-refractivity contribution >= 4 is 17.7 Å². The van der Waals surface area contributed by atoms with Crippen LogP contribution in [0.15, 0.2) is 24.3 Å². The minimum atomic E-state index is -0.649. The van der Waals surface area contributed by atoms with E-state index < -0.39 is 11.1 Å². The molecular formula is C19H27N3O4. The van der Waals surface area contributed by atoms with Gasteiger partial charge in [0.25, 0.3) is 0 Å². The summed E-state index contributed by atoms with van der Waals surface area (Å²) in [5.74, 6) is 0.274. The number of benzene rings is 1. The number of likely N-dealkylation sites (N-methyl/N-ethyl adjacent to an activating group) is 1. The fourth-order valence-electron chi connectivity index (χ4n) is 3.71. The van der Waals surface area contributed by atoms with Crippen molar-refractivity contribution in [3.8, 4) is 5.75 Å². The van der Waals surface area contributed by atoms with Gasteiger partial charge in [0, 0.05) is 25.8 Å². The van der Waals surface area contributed by atoms with E-state index in [2.05, 4.69) is 4.90 Å². The zero-order valence-corrected chi connectivity index (χ0v) is 15.9. The molecule has 2 amide bonds. The normalized spacial score (nSPS) is 20.0. The average Bonchev–Trinajstić information content (AvgIpc) is 2.80. The average molecular weight is 361 g/mol. The van der Waals surface area contributed by atoms with Crippen LogP contribution in [0.2, 0.25) is 0 Å². The summed E-state index contributed by atoms with van der Waals surface area (Å²) in [6.45, 7) is 6.98. The van der Waals surface area contributed by atoms with Crippen LogP contribution in [-0.4, -0.2) is 64.9 Å². The lowest BCUT2D eigenvalue weighted by Gasteiger charge is -2.43. The summed E-state index contributed by atoms with van der Waals surface area (Å²) in [5.41, 5.74) is -0.288. The molecule has 2 aliphatic rings. The van der Waals surface area contributed by atoms with E-state index in [1.54, 1.807) is 29.0 Å². The lowest BCUT2D eigenvalue weighted by Crippen LogP contribution is -2.57. The van der Waals surface area contributed by atoms with E-state index in [0.717, 1.165) is 5.69 Å². The van der Waals surface area contributed by atoms with Crippen LogP contribution < -0.4 is 4.90 Å². The summed E-state index contributed by atoms with van der Waals surface area (Å²) in [6.07, 6.45) is 0.773. The van der Waals surface area contributed by atoms with Crippen LogP contribution in [0, 0.1) is 0 Å². The molecule has 2 aliphatic heterocycles. The van der Waals surface area contributed by atoms with Crippen LogP contribution in [0.25, 0.3) is 0 Å². The van der Waals surface area contributed by atoms with Gasteiger partial charge in [0.15, 0.2) is 0 Å². The number of rotatable bonds is 1. The number of carbonyl (C=O) groups is 2. The Morgan fingerprint density at radius 3 is 2.27 bits per heavy atom. The molecule has 1 N–H and O–H groups in total. The van der Waals surface area contributed by atoms with Crippen LogP contribution in [0.4, 0.5) is 10.5 Å². The number of hydrogen-bond donors (Lipinski definition) is 1. The third kappa shape index (κ3) is 3.30. The van der Waals surface area contributed by atoms with Gasteiger partial charge < -0.3 is 24.5 Å². The van der Waals surface area contributed by atoms with Gasteiger partial charge in [0.2, 0.25) is 5.91 Å². The second-order valence-electron chi connectivity index (χ2n) is 8.09. The van der Waals surface area contributed by atoms with Gasteiger partial charge in [-0.2, -0.15) is 0 Å². The Hall–Kier alpha value is -2.44. The first-order valence-electron chi connectivity index (χ1n) is 8.93. The summed E-state index contributed by atoms with van der Waals surface area (Å²) in [7, 11) is 1.80. The number of aromatic hydroxyl groups is 1. The maximum absolute atomic E-state index is 12.9. The highest BCUT2D eigenvalue weighted by molar-refractivity contribution is 5.93. The number of phenols is 1. The molecule has 0 unspecified atom stereocenters. The number of carbonyl (C=O) groups excluding carboxylic acids is 2. The van der Waals surface area contributed by atoms with Crippen LogP contribution in [0.3, 0.4) is 0 Å². The lowest BCUT2D eigenvalue weighted by molar-refractivity contribution is -0.132. The number of likely N-dealkylation sites (tertiary alicyclic amines) is 1. The Morgan fingerprint density at radius 2 is 1.73 bits per heavy atom. The molecule has 7 heteroatoms. The molecule has 1 spiro atoms. The van der Waals surface area contributed by atoms with Crippen LogP contribution in [0.1, 0.15) is 33.6 Å². The van der Waals surface area contributed by atoms with E-state index in [1.807, 2.05) is 32.9 Å². The molecule has 0 saturated carbocycles. The first-order valence-corrected chi connectivity index (χ1v) is 8.93. The van der Waals surface area contributed by atoms with E-state index in [9.17, 15) is 14.7 Å². The first kappa shape index (κ1) is 18.4. The van der Waals surface area contributed by atoms with E-state index >= 15 is 0 Å². The zero-order chi connectivity index (χ0) is 19.1. The predicted molar refractivity (Wildman–Crippen MR) is 98.0 cm³/mol. The maximum Gasteiger partial charge on any atom is 0.410 e. The Bertz CT molecular complexity index is 688. The second-order valence-corrected chi connectivity index (χ2v) is 8.09. The standard InChI is InChI=1S/C19H27N3O4/c1-18(2,3)26-17(25)21-11-9-19(10-12-21)16(24)20(4)13-22(19)14-5-7-15(23)8-6-14/h5-8,23H,9-13H2,1-4H3. The molecule has 1 aromatic rings. The number of hydrogen-bond acceptors (Lipinski definition) is 5. The largest absolute Gasteiger partial charge is 0.508 e. The molecule has 7 nitrogen and oxygen atoms in total. The molecule has 142 valence electrons. The molecule has 26 heavy (non-hydrogen) atoms. The number of anilines is 1. The van der Waals surface area contributed by atoms with Crippen LogP contribution in [0.5, 0.6) is 5.75 Å². The third-order valence-electron chi connectivity index (χ3n) is 5.02. The molecule has 2 saturated heterocycles. The number of phenolic OH excluding ortho intramolecular Hbond substituents is 1. The Kier molecular flexibility index (Phi) is 4.50. The second kappa shape index (κ2) is 6.37. The highest BCUT2D eigenvalue weighted by Gasteiger charge is 2.53. The Labute approximate surface area is 154 Å². The number of nitrogens with zero attached hydrogens (tertiary/aromatic N) is 3. The first-order chi connectivity index (χ1) is 12.1. The summed E-state index contributed by atoms with van der Waals surface area (Å²) < 4.78 is 5.45. The van der Waals surface area contributed by atoms with Crippen molar-refractivity contribution in [2.24, 2.45) is 0 Å². The van der Waals surface area contributed by atoms with E-state index in [0.29, 0.717) is 32.6 Å². The van der Waals surface area contributed by atoms with Crippen molar-refractivity contribution in [3.63, 3.8) is 0 Å². The molecule has 0 aliphatic carbocycles. The highest BCUT2D eigenvalue weighted by Crippen LogP contribution is 2.39. The third-order valence-corrected chi connectivity index (χ3v) is 5.02. The van der Waals surface area contributed by atoms with E-state index in [-0.39, 0.29) is 17.7 Å². The highest BCUT2D eigenvalue weighted by atomic mass is 16.6. The molecule has 3 rings (SSSR count). The molecule has 0 bridgehead atoms. The maximum atomic E-state index is 12.9. The van der Waals surface area contributed by atoms with Crippen molar-refractivity contribution in [2.75, 3.05) is 31.7 Å². The van der Waals surface area contributed by atoms with Gasteiger partial charge in [-0.05, 0) is 57.9 Å². The smallest absolute Gasteiger partial charge is 0.410 e. The minimum absolute atomic E-state index is 0.0782. The minimum Gasteiger partial charge on any atom is -0.508 e. The summed E-state index contributed by atoms with van der Waals surface area (Å²) in [5, 5.41) is 9.54. The van der Waals surface area contributed by atoms with Crippen molar-refractivity contribution in [3.05, 3.63) is 24.3 Å². The van der Waals surface area contributed by atoms with Gasteiger partial charge in [-0.25, -0.2) is 4.79 Å². The van der Waals surface area contributed by atoms with Gasteiger partial charge in [-0.3, -0.25) is 4.79 Å². The van der Waals surface area contributed by atoms with Gasteiger partial charge in [-0.15, -0.1) is 0 Å². The molecule has 1 aromatic carbocycles. The van der Waals surface area contributed by atoms with Crippen LogP contribution >= 0.6 is 0 Å². The van der Waals surface area contributed by atoms with Gasteiger partial charge in [-0.1, -0.05) is 0 Å². The fraction of sp³-hybridized carbons (Fsp3) is 0.579. The molecule has 0 atom stereocenters. The number of ether oxygens (including phenoxy) is 1. The molecule has 0 aromatic heterocycles. The van der Waals surface area contributed by atoms with Crippen molar-refractivity contribution < 1.29 is 19.4 Å². The molecular weight excluding hydrogens is 334 g/mol. The predicted octanol–water partition coefficient (Wildman–Crippen LogP) is 2.40. The molecule has 2 fully saturated rings.